The number of halogens is 1. The molecule has 0 spiro atoms. The molecule has 1 aromatic carbocycles. The SMILES string of the molecule is COc1ccc(Cl)cc1-c1ncc(C#N)n1C. The Balaban J connectivity index is 2.63. The van der Waals surface area contributed by atoms with Gasteiger partial charge in [-0.2, -0.15) is 5.26 Å². The highest BCUT2D eigenvalue weighted by Gasteiger charge is 2.13. The van der Waals surface area contributed by atoms with Gasteiger partial charge in [0.25, 0.3) is 0 Å². The van der Waals surface area contributed by atoms with Crippen molar-refractivity contribution < 1.29 is 4.74 Å². The second-order valence-electron chi connectivity index (χ2n) is 3.48. The summed E-state index contributed by atoms with van der Waals surface area (Å²) in [4.78, 5) is 4.21. The van der Waals surface area contributed by atoms with E-state index in [1.165, 1.54) is 6.20 Å². The van der Waals surface area contributed by atoms with Crippen LogP contribution in [-0.4, -0.2) is 16.7 Å². The number of aromatic nitrogens is 2. The number of benzene rings is 1. The summed E-state index contributed by atoms with van der Waals surface area (Å²) in [7, 11) is 3.36. The van der Waals surface area contributed by atoms with Crippen LogP contribution in [0.3, 0.4) is 0 Å². The maximum atomic E-state index is 8.89. The summed E-state index contributed by atoms with van der Waals surface area (Å²) < 4.78 is 6.96. The number of ether oxygens (including phenoxy) is 1. The van der Waals surface area contributed by atoms with Crippen molar-refractivity contribution in [1.82, 2.24) is 9.55 Å². The molecule has 2 rings (SSSR count). The summed E-state index contributed by atoms with van der Waals surface area (Å²) >= 11 is 5.96. The van der Waals surface area contributed by atoms with Crippen molar-refractivity contribution in [3.8, 4) is 23.2 Å². The van der Waals surface area contributed by atoms with Crippen molar-refractivity contribution in [2.24, 2.45) is 7.05 Å². The van der Waals surface area contributed by atoms with Gasteiger partial charge < -0.3 is 9.30 Å². The van der Waals surface area contributed by atoms with E-state index in [1.807, 2.05) is 0 Å². The average Bonchev–Trinajstić information content (AvgIpc) is 2.70. The number of hydrogen-bond donors (Lipinski definition) is 0. The number of nitrogens with zero attached hydrogens (tertiary/aromatic N) is 3. The fourth-order valence-corrected chi connectivity index (χ4v) is 1.79. The van der Waals surface area contributed by atoms with Crippen LogP contribution in [-0.2, 0) is 7.05 Å². The van der Waals surface area contributed by atoms with Crippen molar-refractivity contribution in [3.05, 3.63) is 35.1 Å². The fourth-order valence-electron chi connectivity index (χ4n) is 1.62. The third-order valence-electron chi connectivity index (χ3n) is 2.51. The Hall–Kier alpha value is -1.99. The van der Waals surface area contributed by atoms with Gasteiger partial charge in [0.15, 0.2) is 0 Å². The van der Waals surface area contributed by atoms with E-state index in [2.05, 4.69) is 11.1 Å². The number of hydrogen-bond acceptors (Lipinski definition) is 3. The highest BCUT2D eigenvalue weighted by Crippen LogP contribution is 2.31. The van der Waals surface area contributed by atoms with E-state index in [4.69, 9.17) is 21.6 Å². The quantitative estimate of drug-likeness (QED) is 0.820. The minimum atomic E-state index is 0.488. The van der Waals surface area contributed by atoms with Crippen molar-refractivity contribution in [2.45, 2.75) is 0 Å². The van der Waals surface area contributed by atoms with Gasteiger partial charge in [-0.3, -0.25) is 0 Å². The number of nitriles is 1. The third-order valence-corrected chi connectivity index (χ3v) is 2.74. The van der Waals surface area contributed by atoms with E-state index in [9.17, 15) is 0 Å². The molecule has 0 unspecified atom stereocenters. The second-order valence-corrected chi connectivity index (χ2v) is 3.92. The lowest BCUT2D eigenvalue weighted by molar-refractivity contribution is 0.416. The minimum absolute atomic E-state index is 0.488. The molecule has 1 aromatic heterocycles. The van der Waals surface area contributed by atoms with E-state index in [0.29, 0.717) is 22.3 Å². The first-order chi connectivity index (χ1) is 8.17. The molecular weight excluding hydrogens is 238 g/mol. The molecule has 0 saturated heterocycles. The van der Waals surface area contributed by atoms with E-state index in [0.717, 1.165) is 5.56 Å². The van der Waals surface area contributed by atoms with Crippen LogP contribution < -0.4 is 4.74 Å². The van der Waals surface area contributed by atoms with Crippen LogP contribution in [0.5, 0.6) is 5.75 Å². The summed E-state index contributed by atoms with van der Waals surface area (Å²) in [5.74, 6) is 1.33. The van der Waals surface area contributed by atoms with E-state index < -0.39 is 0 Å². The Morgan fingerprint density at radius 2 is 2.24 bits per heavy atom. The van der Waals surface area contributed by atoms with Gasteiger partial charge in [0.1, 0.15) is 23.3 Å². The summed E-state index contributed by atoms with van der Waals surface area (Å²) in [6, 6.07) is 7.36. The lowest BCUT2D eigenvalue weighted by Gasteiger charge is -2.08. The molecule has 0 aliphatic heterocycles. The molecule has 5 heteroatoms. The van der Waals surface area contributed by atoms with Gasteiger partial charge in [0, 0.05) is 12.1 Å². The Kier molecular flexibility index (Phi) is 3.03. The molecule has 4 nitrogen and oxygen atoms in total. The van der Waals surface area contributed by atoms with Gasteiger partial charge in [-0.25, -0.2) is 4.98 Å². The van der Waals surface area contributed by atoms with Crippen molar-refractivity contribution >= 4 is 11.6 Å². The zero-order chi connectivity index (χ0) is 12.4. The third kappa shape index (κ3) is 1.97. The lowest BCUT2D eigenvalue weighted by Crippen LogP contribution is -1.97. The molecule has 0 saturated carbocycles. The molecule has 0 radical (unpaired) electrons. The highest BCUT2D eigenvalue weighted by molar-refractivity contribution is 6.30. The summed E-state index contributed by atoms with van der Waals surface area (Å²) in [6.07, 6.45) is 1.52. The summed E-state index contributed by atoms with van der Waals surface area (Å²) in [5.41, 5.74) is 1.26. The standard InChI is InChI=1S/C12H10ClN3O/c1-16-9(6-14)7-15-12(16)10-5-8(13)3-4-11(10)17-2/h3-5,7H,1-2H3. The summed E-state index contributed by atoms with van der Waals surface area (Å²) in [6.45, 7) is 0. The van der Waals surface area contributed by atoms with Gasteiger partial charge in [0.2, 0.25) is 0 Å². The van der Waals surface area contributed by atoms with Crippen LogP contribution >= 0.6 is 11.6 Å². The molecular formula is C12H10ClN3O. The first-order valence-electron chi connectivity index (χ1n) is 4.93. The predicted octanol–water partition coefficient (Wildman–Crippen LogP) is 2.62. The second kappa shape index (κ2) is 4.48. The highest BCUT2D eigenvalue weighted by atomic mass is 35.5. The molecule has 2 aromatic rings. The zero-order valence-corrected chi connectivity index (χ0v) is 10.2. The predicted molar refractivity (Wildman–Crippen MR) is 64.9 cm³/mol. The minimum Gasteiger partial charge on any atom is -0.496 e. The summed E-state index contributed by atoms with van der Waals surface area (Å²) in [5, 5.41) is 9.49. The van der Waals surface area contributed by atoms with Crippen LogP contribution in [0.4, 0.5) is 0 Å². The first kappa shape index (κ1) is 11.5. The van der Waals surface area contributed by atoms with Crippen molar-refractivity contribution in [2.75, 3.05) is 7.11 Å². The monoisotopic (exact) mass is 247 g/mol. The zero-order valence-electron chi connectivity index (χ0n) is 9.44. The largest absolute Gasteiger partial charge is 0.496 e. The Morgan fingerprint density at radius 3 is 2.82 bits per heavy atom. The van der Waals surface area contributed by atoms with Crippen molar-refractivity contribution in [1.29, 1.82) is 5.26 Å². The van der Waals surface area contributed by atoms with Crippen LogP contribution in [0.25, 0.3) is 11.4 Å². The molecule has 0 amide bonds. The molecule has 0 atom stereocenters. The van der Waals surface area contributed by atoms with Crippen LogP contribution in [0.15, 0.2) is 24.4 Å². The number of methoxy groups -OCH3 is 1. The smallest absolute Gasteiger partial charge is 0.144 e. The van der Waals surface area contributed by atoms with Gasteiger partial charge in [0.05, 0.1) is 18.9 Å². The van der Waals surface area contributed by atoms with E-state index in [1.54, 1.807) is 36.9 Å². The van der Waals surface area contributed by atoms with Gasteiger partial charge in [-0.05, 0) is 18.2 Å². The van der Waals surface area contributed by atoms with E-state index >= 15 is 0 Å². The normalized spacial score (nSPS) is 10.0. The molecule has 0 aliphatic carbocycles. The molecule has 1 heterocycles. The molecule has 17 heavy (non-hydrogen) atoms. The van der Waals surface area contributed by atoms with Crippen molar-refractivity contribution in [3.63, 3.8) is 0 Å². The number of imidazole rings is 1. The van der Waals surface area contributed by atoms with Crippen LogP contribution in [0, 0.1) is 11.3 Å². The van der Waals surface area contributed by atoms with E-state index in [-0.39, 0.29) is 0 Å². The van der Waals surface area contributed by atoms with Gasteiger partial charge >= 0.3 is 0 Å². The van der Waals surface area contributed by atoms with Crippen LogP contribution in [0.1, 0.15) is 5.69 Å². The maximum absolute atomic E-state index is 8.89. The average molecular weight is 248 g/mol. The lowest BCUT2D eigenvalue weighted by atomic mass is 10.2. The molecule has 0 fully saturated rings. The van der Waals surface area contributed by atoms with Gasteiger partial charge in [-0.1, -0.05) is 11.6 Å². The maximum Gasteiger partial charge on any atom is 0.144 e. The van der Waals surface area contributed by atoms with Gasteiger partial charge in [-0.15, -0.1) is 0 Å². The molecule has 0 bridgehead atoms. The topological polar surface area (TPSA) is 50.8 Å². The molecule has 0 aliphatic rings. The fraction of sp³-hybridized carbons (Fsp3) is 0.167. The van der Waals surface area contributed by atoms with Crippen LogP contribution in [0.2, 0.25) is 5.02 Å². The Morgan fingerprint density at radius 1 is 1.47 bits per heavy atom. The molecule has 0 N–H and O–H groups in total. The Labute approximate surface area is 104 Å². The molecule has 86 valence electrons. The Bertz CT molecular complexity index is 598. The first-order valence-corrected chi connectivity index (χ1v) is 5.31. The number of rotatable bonds is 2.